The molecule has 7 heteroatoms. The lowest BCUT2D eigenvalue weighted by Crippen LogP contribution is -2.52. The first-order valence-corrected chi connectivity index (χ1v) is 5.74. The highest BCUT2D eigenvalue weighted by Gasteiger charge is 2.29. The normalized spacial score (nSPS) is 18.2. The van der Waals surface area contributed by atoms with Gasteiger partial charge in [0.25, 0.3) is 0 Å². The van der Waals surface area contributed by atoms with Gasteiger partial charge in [-0.15, -0.1) is 0 Å². The van der Waals surface area contributed by atoms with Crippen LogP contribution in [-0.2, 0) is 0 Å². The molecule has 0 spiro atoms. The van der Waals surface area contributed by atoms with Gasteiger partial charge in [0.05, 0.1) is 0 Å². The van der Waals surface area contributed by atoms with Gasteiger partial charge in [0.15, 0.2) is 0 Å². The molecule has 100 valence electrons. The maximum absolute atomic E-state index is 11.9. The lowest BCUT2D eigenvalue weighted by atomic mass is 10.3. The number of carbonyl (C=O) groups is 1. The van der Waals surface area contributed by atoms with E-state index >= 15 is 0 Å². The molecule has 0 unspecified atom stereocenters. The summed E-state index contributed by atoms with van der Waals surface area (Å²) in [5, 5.41) is 1.88. The van der Waals surface area contributed by atoms with Gasteiger partial charge in [-0.05, 0) is 13.0 Å². The van der Waals surface area contributed by atoms with Crippen molar-refractivity contribution in [1.29, 1.82) is 0 Å². The average Bonchev–Trinajstić information content (AvgIpc) is 2.26. The molecule has 0 aliphatic carbocycles. The van der Waals surface area contributed by atoms with Gasteiger partial charge in [-0.3, -0.25) is 4.90 Å². The predicted molar refractivity (Wildman–Crippen MR) is 57.8 cm³/mol. The highest BCUT2D eigenvalue weighted by molar-refractivity contribution is 5.74. The molecular weight excluding hydrogens is 235 g/mol. The average molecular weight is 253 g/mol. The SMILES string of the molecule is CCCN1CCN(C(=O)NCC(F)(F)F)CC1. The minimum absolute atomic E-state index is 0.490. The summed E-state index contributed by atoms with van der Waals surface area (Å²) in [6.07, 6.45) is -3.31. The highest BCUT2D eigenvalue weighted by atomic mass is 19.4. The molecule has 2 amide bonds. The minimum atomic E-state index is -4.35. The number of urea groups is 1. The molecule has 0 radical (unpaired) electrons. The van der Waals surface area contributed by atoms with E-state index < -0.39 is 18.8 Å². The summed E-state index contributed by atoms with van der Waals surface area (Å²) in [5.41, 5.74) is 0. The van der Waals surface area contributed by atoms with E-state index in [0.29, 0.717) is 13.1 Å². The zero-order valence-corrected chi connectivity index (χ0v) is 9.89. The molecule has 0 aromatic carbocycles. The Morgan fingerprint density at radius 2 is 1.82 bits per heavy atom. The van der Waals surface area contributed by atoms with E-state index in [1.807, 2.05) is 5.32 Å². The van der Waals surface area contributed by atoms with Crippen LogP contribution < -0.4 is 5.32 Å². The Kier molecular flexibility index (Phi) is 5.04. The quantitative estimate of drug-likeness (QED) is 0.822. The van der Waals surface area contributed by atoms with Crippen molar-refractivity contribution < 1.29 is 18.0 Å². The first-order chi connectivity index (χ1) is 7.92. The molecule has 1 saturated heterocycles. The van der Waals surface area contributed by atoms with Crippen molar-refractivity contribution in [1.82, 2.24) is 15.1 Å². The van der Waals surface area contributed by atoms with E-state index in [-0.39, 0.29) is 0 Å². The Labute approximate surface area is 98.7 Å². The third-order valence-electron chi connectivity index (χ3n) is 2.64. The largest absolute Gasteiger partial charge is 0.405 e. The van der Waals surface area contributed by atoms with Gasteiger partial charge < -0.3 is 10.2 Å². The Bertz CT molecular complexity index is 250. The highest BCUT2D eigenvalue weighted by Crippen LogP contribution is 2.12. The van der Waals surface area contributed by atoms with Gasteiger partial charge in [0.1, 0.15) is 6.54 Å². The van der Waals surface area contributed by atoms with Crippen molar-refractivity contribution in [2.75, 3.05) is 39.3 Å². The zero-order valence-electron chi connectivity index (χ0n) is 9.89. The summed E-state index contributed by atoms with van der Waals surface area (Å²) < 4.78 is 35.7. The molecule has 0 bridgehead atoms. The van der Waals surface area contributed by atoms with Crippen LogP contribution in [0.15, 0.2) is 0 Å². The number of piperazine rings is 1. The minimum Gasteiger partial charge on any atom is -0.329 e. The van der Waals surface area contributed by atoms with Crippen LogP contribution in [0.4, 0.5) is 18.0 Å². The molecular formula is C10H18F3N3O. The summed E-state index contributed by atoms with van der Waals surface area (Å²) >= 11 is 0. The molecule has 0 saturated carbocycles. The summed E-state index contributed by atoms with van der Waals surface area (Å²) in [4.78, 5) is 15.0. The third-order valence-corrected chi connectivity index (χ3v) is 2.64. The molecule has 1 heterocycles. The van der Waals surface area contributed by atoms with E-state index in [1.165, 1.54) is 4.90 Å². The fourth-order valence-corrected chi connectivity index (χ4v) is 1.78. The zero-order chi connectivity index (χ0) is 12.9. The van der Waals surface area contributed by atoms with Gasteiger partial charge in [0, 0.05) is 26.2 Å². The molecule has 1 aliphatic heterocycles. The van der Waals surface area contributed by atoms with E-state index in [2.05, 4.69) is 11.8 Å². The van der Waals surface area contributed by atoms with Crippen molar-refractivity contribution in [2.24, 2.45) is 0 Å². The Morgan fingerprint density at radius 3 is 2.29 bits per heavy atom. The van der Waals surface area contributed by atoms with Crippen LogP contribution in [0.1, 0.15) is 13.3 Å². The molecule has 1 rings (SSSR count). The number of carbonyl (C=O) groups excluding carboxylic acids is 1. The molecule has 4 nitrogen and oxygen atoms in total. The van der Waals surface area contributed by atoms with Crippen molar-refractivity contribution in [2.45, 2.75) is 19.5 Å². The van der Waals surface area contributed by atoms with Crippen LogP contribution in [0, 0.1) is 0 Å². The molecule has 17 heavy (non-hydrogen) atoms. The van der Waals surface area contributed by atoms with Gasteiger partial charge in [-0.25, -0.2) is 4.79 Å². The number of amides is 2. The Morgan fingerprint density at radius 1 is 1.24 bits per heavy atom. The topological polar surface area (TPSA) is 35.6 Å². The van der Waals surface area contributed by atoms with Gasteiger partial charge in [-0.2, -0.15) is 13.2 Å². The summed E-state index contributed by atoms with van der Waals surface area (Å²) in [6, 6.07) is -0.626. The number of nitrogens with zero attached hydrogens (tertiary/aromatic N) is 2. The Balaban J connectivity index is 2.26. The van der Waals surface area contributed by atoms with Crippen molar-refractivity contribution in [3.8, 4) is 0 Å². The maximum Gasteiger partial charge on any atom is 0.405 e. The van der Waals surface area contributed by atoms with E-state index in [1.54, 1.807) is 0 Å². The van der Waals surface area contributed by atoms with Gasteiger partial charge in [0.2, 0.25) is 0 Å². The van der Waals surface area contributed by atoms with Crippen LogP contribution in [-0.4, -0.2) is 61.3 Å². The predicted octanol–water partition coefficient (Wildman–Crippen LogP) is 1.29. The Hall–Kier alpha value is -0.980. The second-order valence-electron chi connectivity index (χ2n) is 4.10. The number of rotatable bonds is 3. The second-order valence-corrected chi connectivity index (χ2v) is 4.10. The van der Waals surface area contributed by atoms with Crippen LogP contribution in [0.5, 0.6) is 0 Å². The summed E-state index contributed by atoms with van der Waals surface area (Å²) in [5.74, 6) is 0. The lowest BCUT2D eigenvalue weighted by Gasteiger charge is -2.34. The molecule has 0 aromatic heterocycles. The maximum atomic E-state index is 11.9. The van der Waals surface area contributed by atoms with Crippen molar-refractivity contribution >= 4 is 6.03 Å². The van der Waals surface area contributed by atoms with Crippen molar-refractivity contribution in [3.63, 3.8) is 0 Å². The van der Waals surface area contributed by atoms with E-state index in [9.17, 15) is 18.0 Å². The van der Waals surface area contributed by atoms with Crippen LogP contribution in [0.25, 0.3) is 0 Å². The third kappa shape index (κ3) is 5.25. The first-order valence-electron chi connectivity index (χ1n) is 5.74. The van der Waals surface area contributed by atoms with Gasteiger partial charge in [-0.1, -0.05) is 6.92 Å². The molecule has 0 aromatic rings. The van der Waals surface area contributed by atoms with Crippen LogP contribution >= 0.6 is 0 Å². The fourth-order valence-electron chi connectivity index (χ4n) is 1.78. The fraction of sp³-hybridized carbons (Fsp3) is 0.900. The molecule has 1 N–H and O–H groups in total. The summed E-state index contributed by atoms with van der Waals surface area (Å²) in [7, 11) is 0. The molecule has 0 atom stereocenters. The number of hydrogen-bond donors (Lipinski definition) is 1. The monoisotopic (exact) mass is 253 g/mol. The smallest absolute Gasteiger partial charge is 0.329 e. The summed E-state index contributed by atoms with van der Waals surface area (Å²) in [6.45, 7) is 4.22. The number of alkyl halides is 3. The van der Waals surface area contributed by atoms with Crippen molar-refractivity contribution in [3.05, 3.63) is 0 Å². The number of hydrogen-bond acceptors (Lipinski definition) is 2. The van der Waals surface area contributed by atoms with Crippen LogP contribution in [0.3, 0.4) is 0 Å². The van der Waals surface area contributed by atoms with E-state index in [4.69, 9.17) is 0 Å². The van der Waals surface area contributed by atoms with E-state index in [0.717, 1.165) is 26.1 Å². The lowest BCUT2D eigenvalue weighted by molar-refractivity contribution is -0.123. The molecule has 1 aliphatic rings. The van der Waals surface area contributed by atoms with Crippen LogP contribution in [0.2, 0.25) is 0 Å². The first kappa shape index (κ1) is 14.1. The molecule has 1 fully saturated rings. The number of nitrogens with one attached hydrogen (secondary N) is 1. The van der Waals surface area contributed by atoms with Gasteiger partial charge >= 0.3 is 12.2 Å². The number of halogens is 3. The second kappa shape index (κ2) is 6.09. The standard InChI is InChI=1S/C10H18F3N3O/c1-2-3-15-4-6-16(7-5-15)9(17)14-8-10(11,12)13/h2-8H2,1H3,(H,14,17).